The molecule has 2 aromatic carbocycles. The minimum absolute atomic E-state index is 0.146. The lowest BCUT2D eigenvalue weighted by atomic mass is 10.0. The van der Waals surface area contributed by atoms with Crippen molar-refractivity contribution in [3.63, 3.8) is 0 Å². The van der Waals surface area contributed by atoms with Crippen molar-refractivity contribution in [3.05, 3.63) is 74.7 Å². The zero-order valence-electron chi connectivity index (χ0n) is 21.6. The number of carbonyl (C=O) groups is 2. The van der Waals surface area contributed by atoms with Gasteiger partial charge in [0.25, 0.3) is 5.91 Å². The van der Waals surface area contributed by atoms with E-state index < -0.39 is 5.97 Å². The van der Waals surface area contributed by atoms with E-state index >= 15 is 0 Å². The van der Waals surface area contributed by atoms with Crippen LogP contribution >= 0.6 is 11.3 Å². The predicted octanol–water partition coefficient (Wildman–Crippen LogP) is 5.48. The Hall–Kier alpha value is -3.39. The van der Waals surface area contributed by atoms with Crippen molar-refractivity contribution in [2.45, 2.75) is 46.6 Å². The molecule has 0 saturated carbocycles. The molecule has 3 rings (SSSR count). The maximum atomic E-state index is 13.8. The highest BCUT2D eigenvalue weighted by Crippen LogP contribution is 2.32. The molecule has 0 fully saturated rings. The van der Waals surface area contributed by atoms with E-state index in [4.69, 9.17) is 14.2 Å². The molecule has 0 atom stereocenters. The normalized spacial score (nSPS) is 10.7. The van der Waals surface area contributed by atoms with E-state index in [0.29, 0.717) is 40.9 Å². The van der Waals surface area contributed by atoms with E-state index in [1.807, 2.05) is 32.0 Å². The van der Waals surface area contributed by atoms with Crippen molar-refractivity contribution >= 4 is 23.2 Å². The van der Waals surface area contributed by atoms with E-state index in [-0.39, 0.29) is 12.5 Å². The molecular formula is C28H34N2O5S. The van der Waals surface area contributed by atoms with Gasteiger partial charge < -0.3 is 19.1 Å². The number of aryl methyl sites for hydroxylation is 2. The van der Waals surface area contributed by atoms with Crippen molar-refractivity contribution in [1.82, 2.24) is 9.88 Å². The van der Waals surface area contributed by atoms with Crippen molar-refractivity contribution in [1.29, 1.82) is 0 Å². The van der Waals surface area contributed by atoms with Crippen LogP contribution < -0.4 is 9.47 Å². The van der Waals surface area contributed by atoms with Gasteiger partial charge in [-0.3, -0.25) is 4.79 Å². The van der Waals surface area contributed by atoms with E-state index in [9.17, 15) is 9.59 Å². The SMILES string of the molecule is CCOC(=O)c1nc(CN(CCCc2ccccc2)C(=O)c2cc(OC)c(CC)c(OC)c2)sc1C. The molecule has 0 saturated heterocycles. The van der Waals surface area contributed by atoms with Gasteiger partial charge in [0.2, 0.25) is 0 Å². The summed E-state index contributed by atoms with van der Waals surface area (Å²) in [6.07, 6.45) is 2.35. The minimum Gasteiger partial charge on any atom is -0.496 e. The zero-order valence-corrected chi connectivity index (χ0v) is 22.4. The number of benzene rings is 2. The second-order valence-electron chi connectivity index (χ2n) is 8.26. The fourth-order valence-electron chi connectivity index (χ4n) is 4.08. The van der Waals surface area contributed by atoms with Crippen LogP contribution in [0.2, 0.25) is 0 Å². The van der Waals surface area contributed by atoms with Crippen LogP contribution in [0.4, 0.5) is 0 Å². The molecule has 0 unspecified atom stereocenters. The summed E-state index contributed by atoms with van der Waals surface area (Å²) in [7, 11) is 3.18. The van der Waals surface area contributed by atoms with Crippen LogP contribution in [0.1, 0.15) is 62.1 Å². The summed E-state index contributed by atoms with van der Waals surface area (Å²) in [6.45, 7) is 6.73. The number of hydrogen-bond acceptors (Lipinski definition) is 7. The van der Waals surface area contributed by atoms with Gasteiger partial charge in [0.05, 0.1) is 27.4 Å². The number of aromatic nitrogens is 1. The lowest BCUT2D eigenvalue weighted by Crippen LogP contribution is -2.32. The van der Waals surface area contributed by atoms with Crippen molar-refractivity contribution < 1.29 is 23.8 Å². The molecule has 36 heavy (non-hydrogen) atoms. The number of rotatable bonds is 12. The Morgan fingerprint density at radius 3 is 2.28 bits per heavy atom. The Morgan fingerprint density at radius 2 is 1.69 bits per heavy atom. The third-order valence-electron chi connectivity index (χ3n) is 5.87. The van der Waals surface area contributed by atoms with Gasteiger partial charge in [0, 0.05) is 22.5 Å². The quantitative estimate of drug-likeness (QED) is 0.300. The molecule has 0 aliphatic rings. The van der Waals surface area contributed by atoms with Crippen LogP contribution in [-0.4, -0.2) is 49.1 Å². The number of carbonyl (C=O) groups excluding carboxylic acids is 2. The number of ether oxygens (including phenoxy) is 3. The third kappa shape index (κ3) is 6.63. The lowest BCUT2D eigenvalue weighted by molar-refractivity contribution is 0.0519. The first-order valence-electron chi connectivity index (χ1n) is 12.1. The van der Waals surface area contributed by atoms with E-state index in [2.05, 4.69) is 17.1 Å². The molecule has 1 heterocycles. The first-order valence-corrected chi connectivity index (χ1v) is 12.9. The summed E-state index contributed by atoms with van der Waals surface area (Å²) in [5.41, 5.74) is 2.93. The van der Waals surface area contributed by atoms with Crippen LogP contribution in [0.15, 0.2) is 42.5 Å². The van der Waals surface area contributed by atoms with Crippen molar-refractivity contribution in [3.8, 4) is 11.5 Å². The molecule has 3 aromatic rings. The molecular weight excluding hydrogens is 476 g/mol. The number of esters is 1. The highest BCUT2D eigenvalue weighted by molar-refractivity contribution is 7.11. The molecule has 0 aliphatic carbocycles. The van der Waals surface area contributed by atoms with Gasteiger partial charge in [0.1, 0.15) is 16.5 Å². The topological polar surface area (TPSA) is 78.0 Å². The Morgan fingerprint density at radius 1 is 1.03 bits per heavy atom. The Kier molecular flexibility index (Phi) is 9.87. The highest BCUT2D eigenvalue weighted by Gasteiger charge is 2.23. The van der Waals surface area contributed by atoms with Crippen molar-refractivity contribution in [2.75, 3.05) is 27.4 Å². The Balaban J connectivity index is 1.89. The van der Waals surface area contributed by atoms with Crippen LogP contribution in [0, 0.1) is 6.92 Å². The maximum Gasteiger partial charge on any atom is 0.358 e. The molecule has 0 bridgehead atoms. The molecule has 0 radical (unpaired) electrons. The largest absolute Gasteiger partial charge is 0.496 e. The van der Waals surface area contributed by atoms with Gasteiger partial charge in [-0.15, -0.1) is 11.3 Å². The molecule has 8 heteroatoms. The second kappa shape index (κ2) is 13.1. The fraction of sp³-hybridized carbons (Fsp3) is 0.393. The molecule has 1 aromatic heterocycles. The first-order chi connectivity index (χ1) is 17.4. The summed E-state index contributed by atoms with van der Waals surface area (Å²) in [6, 6.07) is 13.7. The predicted molar refractivity (Wildman–Crippen MR) is 141 cm³/mol. The summed E-state index contributed by atoms with van der Waals surface area (Å²) < 4.78 is 16.3. The number of methoxy groups -OCH3 is 2. The summed E-state index contributed by atoms with van der Waals surface area (Å²) in [5.74, 6) is 0.662. The van der Waals surface area contributed by atoms with Gasteiger partial charge in [0.15, 0.2) is 5.69 Å². The molecule has 0 aliphatic heterocycles. The van der Waals surface area contributed by atoms with Crippen molar-refractivity contribution in [2.24, 2.45) is 0 Å². The third-order valence-corrected chi connectivity index (χ3v) is 6.82. The van der Waals surface area contributed by atoms with Crippen LogP contribution in [-0.2, 0) is 24.1 Å². The van der Waals surface area contributed by atoms with Gasteiger partial charge in [-0.25, -0.2) is 9.78 Å². The van der Waals surface area contributed by atoms with E-state index in [1.54, 1.807) is 38.2 Å². The fourth-order valence-corrected chi connectivity index (χ4v) is 5.02. The summed E-state index contributed by atoms with van der Waals surface area (Å²) >= 11 is 1.41. The van der Waals surface area contributed by atoms with E-state index in [0.717, 1.165) is 29.7 Å². The molecule has 7 nitrogen and oxygen atoms in total. The highest BCUT2D eigenvalue weighted by atomic mass is 32.1. The Bertz CT molecular complexity index is 1150. The second-order valence-corrected chi connectivity index (χ2v) is 9.55. The number of nitrogens with zero attached hydrogens (tertiary/aromatic N) is 2. The summed E-state index contributed by atoms with van der Waals surface area (Å²) in [5, 5.41) is 0.688. The molecule has 192 valence electrons. The Labute approximate surface area is 217 Å². The van der Waals surface area contributed by atoms with E-state index in [1.165, 1.54) is 16.9 Å². The van der Waals surface area contributed by atoms with Gasteiger partial charge in [-0.1, -0.05) is 37.3 Å². The number of amides is 1. The van der Waals surface area contributed by atoms with Crippen LogP contribution in [0.5, 0.6) is 11.5 Å². The first kappa shape index (κ1) is 27.2. The van der Waals surface area contributed by atoms with Gasteiger partial charge in [-0.2, -0.15) is 0 Å². The van der Waals surface area contributed by atoms with Gasteiger partial charge >= 0.3 is 5.97 Å². The van der Waals surface area contributed by atoms with Crippen LogP contribution in [0.3, 0.4) is 0 Å². The number of thiazole rings is 1. The van der Waals surface area contributed by atoms with Gasteiger partial charge in [-0.05, 0) is 50.8 Å². The average molecular weight is 511 g/mol. The lowest BCUT2D eigenvalue weighted by Gasteiger charge is -2.23. The standard InChI is InChI=1S/C28H34N2O5S/c1-6-22-23(33-4)16-21(17-24(22)34-5)27(31)30(15-11-14-20-12-9-8-10-13-20)18-25-29-26(19(3)36-25)28(32)35-7-2/h8-10,12-13,16-17H,6-7,11,14-15,18H2,1-5H3. The number of hydrogen-bond donors (Lipinski definition) is 0. The summed E-state index contributed by atoms with van der Waals surface area (Å²) in [4.78, 5) is 33.1. The smallest absolute Gasteiger partial charge is 0.358 e. The molecule has 0 spiro atoms. The monoisotopic (exact) mass is 510 g/mol. The average Bonchev–Trinajstić information content (AvgIpc) is 3.27. The molecule has 1 amide bonds. The minimum atomic E-state index is -0.441. The molecule has 0 N–H and O–H groups in total. The maximum absolute atomic E-state index is 13.8. The van der Waals surface area contributed by atoms with Crippen LogP contribution in [0.25, 0.3) is 0 Å². The zero-order chi connectivity index (χ0) is 26.1.